The molecule has 1 heterocycles. The topological polar surface area (TPSA) is 40.7 Å². The highest BCUT2D eigenvalue weighted by molar-refractivity contribution is 5.14. The van der Waals surface area contributed by atoms with Gasteiger partial charge in [0.15, 0.2) is 0 Å². The molecule has 0 radical (unpaired) electrons. The lowest BCUT2D eigenvalue weighted by atomic mass is 9.83. The Balaban J connectivity index is 1.89. The third-order valence-electron chi connectivity index (χ3n) is 3.60. The third-order valence-corrected chi connectivity index (χ3v) is 3.60. The summed E-state index contributed by atoms with van der Waals surface area (Å²) in [5.41, 5.74) is 2.82. The zero-order valence-corrected chi connectivity index (χ0v) is 9.77. The van der Waals surface area contributed by atoms with Crippen molar-refractivity contribution in [3.05, 3.63) is 17.5 Å². The maximum Gasteiger partial charge on any atom is 0.0535 e. The Morgan fingerprint density at radius 3 is 2.73 bits per heavy atom. The van der Waals surface area contributed by atoms with Gasteiger partial charge in [-0.25, -0.2) is 0 Å². The van der Waals surface area contributed by atoms with E-state index >= 15 is 0 Å². The van der Waals surface area contributed by atoms with Crippen LogP contribution in [0.1, 0.15) is 50.3 Å². The van der Waals surface area contributed by atoms with Crippen LogP contribution in [-0.4, -0.2) is 15.7 Å². The highest BCUT2D eigenvalue weighted by Gasteiger charge is 2.25. The van der Waals surface area contributed by atoms with Gasteiger partial charge in [-0.3, -0.25) is 5.10 Å². The van der Waals surface area contributed by atoms with Gasteiger partial charge >= 0.3 is 0 Å². The lowest BCUT2D eigenvalue weighted by Crippen LogP contribution is -2.43. The fourth-order valence-corrected chi connectivity index (χ4v) is 2.37. The lowest BCUT2D eigenvalue weighted by molar-refractivity contribution is 0.252. The zero-order valence-electron chi connectivity index (χ0n) is 9.77. The molecule has 3 heteroatoms. The van der Waals surface area contributed by atoms with Crippen LogP contribution in [-0.2, 0) is 6.54 Å². The van der Waals surface area contributed by atoms with E-state index in [4.69, 9.17) is 0 Å². The molecule has 2 rings (SSSR count). The van der Waals surface area contributed by atoms with Crippen molar-refractivity contribution in [1.82, 2.24) is 15.5 Å². The molecule has 0 spiro atoms. The van der Waals surface area contributed by atoms with Crippen LogP contribution in [0.3, 0.4) is 0 Å². The summed E-state index contributed by atoms with van der Waals surface area (Å²) in [6.45, 7) is 5.37. The van der Waals surface area contributed by atoms with Crippen LogP contribution in [0.4, 0.5) is 0 Å². The molecule has 0 amide bonds. The Morgan fingerprint density at radius 2 is 2.13 bits per heavy atom. The fourth-order valence-electron chi connectivity index (χ4n) is 2.37. The van der Waals surface area contributed by atoms with Crippen molar-refractivity contribution in [2.24, 2.45) is 0 Å². The van der Waals surface area contributed by atoms with Crippen molar-refractivity contribution in [2.75, 3.05) is 0 Å². The van der Waals surface area contributed by atoms with Crippen LogP contribution in [0.5, 0.6) is 0 Å². The van der Waals surface area contributed by atoms with Crippen LogP contribution in [0.25, 0.3) is 0 Å². The third kappa shape index (κ3) is 2.59. The summed E-state index contributed by atoms with van der Waals surface area (Å²) in [5, 5.41) is 10.7. The van der Waals surface area contributed by atoms with E-state index in [1.165, 1.54) is 43.4 Å². The van der Waals surface area contributed by atoms with Gasteiger partial charge < -0.3 is 5.32 Å². The van der Waals surface area contributed by atoms with E-state index in [-0.39, 0.29) is 0 Å². The summed E-state index contributed by atoms with van der Waals surface area (Å²) in [4.78, 5) is 0. The van der Waals surface area contributed by atoms with Crippen LogP contribution >= 0.6 is 0 Å². The first-order valence-electron chi connectivity index (χ1n) is 5.93. The lowest BCUT2D eigenvalue weighted by Gasteiger charge is -2.34. The number of hydrogen-bond donors (Lipinski definition) is 2. The van der Waals surface area contributed by atoms with Crippen molar-refractivity contribution in [3.8, 4) is 0 Å². The van der Waals surface area contributed by atoms with E-state index in [9.17, 15) is 0 Å². The van der Waals surface area contributed by atoms with Gasteiger partial charge in [-0.15, -0.1) is 0 Å². The Hall–Kier alpha value is -0.830. The Kier molecular flexibility index (Phi) is 3.10. The molecule has 1 aliphatic carbocycles. The molecule has 84 valence electrons. The smallest absolute Gasteiger partial charge is 0.0535 e. The molecule has 0 saturated heterocycles. The summed E-state index contributed by atoms with van der Waals surface area (Å²) in [7, 11) is 0. The molecule has 0 atom stereocenters. The average Bonchev–Trinajstić information content (AvgIpc) is 2.62. The highest BCUT2D eigenvalue weighted by atomic mass is 15.1. The second-order valence-corrected chi connectivity index (χ2v) is 5.00. The van der Waals surface area contributed by atoms with E-state index in [0.29, 0.717) is 5.54 Å². The van der Waals surface area contributed by atoms with Gasteiger partial charge in [0.05, 0.1) is 6.20 Å². The Morgan fingerprint density at radius 1 is 1.40 bits per heavy atom. The zero-order chi connectivity index (χ0) is 10.7. The molecule has 1 fully saturated rings. The molecule has 3 nitrogen and oxygen atoms in total. The second-order valence-electron chi connectivity index (χ2n) is 5.00. The molecule has 0 aliphatic heterocycles. The number of aryl methyl sites for hydroxylation is 1. The van der Waals surface area contributed by atoms with Gasteiger partial charge in [0.1, 0.15) is 0 Å². The number of nitrogens with zero attached hydrogens (tertiary/aromatic N) is 1. The van der Waals surface area contributed by atoms with Crippen molar-refractivity contribution in [1.29, 1.82) is 0 Å². The van der Waals surface area contributed by atoms with Gasteiger partial charge in [0.25, 0.3) is 0 Å². The molecule has 0 bridgehead atoms. The van der Waals surface area contributed by atoms with Gasteiger partial charge in [0, 0.05) is 23.3 Å². The molecule has 2 N–H and O–H groups in total. The molecule has 0 aromatic carbocycles. The molecule has 1 aromatic heterocycles. The Bertz CT molecular complexity index is 310. The second kappa shape index (κ2) is 4.35. The number of H-pyrrole nitrogens is 1. The summed E-state index contributed by atoms with van der Waals surface area (Å²) >= 11 is 0. The molecule has 1 aromatic rings. The minimum Gasteiger partial charge on any atom is -0.307 e. The molecule has 15 heavy (non-hydrogen) atoms. The van der Waals surface area contributed by atoms with Crippen LogP contribution < -0.4 is 5.32 Å². The van der Waals surface area contributed by atoms with Crippen LogP contribution in [0, 0.1) is 6.92 Å². The first kappa shape index (κ1) is 10.7. The predicted molar refractivity (Wildman–Crippen MR) is 61.7 cm³/mol. The quantitative estimate of drug-likeness (QED) is 0.799. The van der Waals surface area contributed by atoms with Crippen LogP contribution in [0.2, 0.25) is 0 Å². The molecule has 1 saturated carbocycles. The number of hydrogen-bond acceptors (Lipinski definition) is 2. The van der Waals surface area contributed by atoms with Gasteiger partial charge in [-0.05, 0) is 26.7 Å². The maximum absolute atomic E-state index is 4.04. The molecular weight excluding hydrogens is 186 g/mol. The normalized spacial score (nSPS) is 20.4. The summed E-state index contributed by atoms with van der Waals surface area (Å²) in [6.07, 6.45) is 8.69. The molecule has 1 aliphatic rings. The predicted octanol–water partition coefficient (Wildman–Crippen LogP) is 2.53. The van der Waals surface area contributed by atoms with E-state index in [2.05, 4.69) is 29.4 Å². The summed E-state index contributed by atoms with van der Waals surface area (Å²) in [5.74, 6) is 0. The standard InChI is InChI=1S/C12H21N3/c1-10-11(9-14-15-10)8-13-12(2)6-4-3-5-7-12/h9,13H,3-8H2,1-2H3,(H,14,15). The minimum absolute atomic E-state index is 0.349. The highest BCUT2D eigenvalue weighted by Crippen LogP contribution is 2.27. The van der Waals surface area contributed by atoms with Gasteiger partial charge in [0.2, 0.25) is 0 Å². The number of rotatable bonds is 3. The van der Waals surface area contributed by atoms with Crippen LogP contribution in [0.15, 0.2) is 6.20 Å². The maximum atomic E-state index is 4.04. The van der Waals surface area contributed by atoms with E-state index in [1.54, 1.807) is 0 Å². The van der Waals surface area contributed by atoms with Gasteiger partial charge in [-0.2, -0.15) is 5.10 Å². The molecular formula is C12H21N3. The van der Waals surface area contributed by atoms with Crippen molar-refractivity contribution < 1.29 is 0 Å². The SMILES string of the molecule is Cc1[nH]ncc1CNC1(C)CCCCC1. The number of nitrogens with one attached hydrogen (secondary N) is 2. The van der Waals surface area contributed by atoms with E-state index in [0.717, 1.165) is 6.54 Å². The van der Waals surface area contributed by atoms with Crippen molar-refractivity contribution in [2.45, 2.75) is 58.0 Å². The average molecular weight is 207 g/mol. The van der Waals surface area contributed by atoms with E-state index < -0.39 is 0 Å². The van der Waals surface area contributed by atoms with Crippen molar-refractivity contribution in [3.63, 3.8) is 0 Å². The first-order chi connectivity index (χ1) is 7.20. The Labute approximate surface area is 91.7 Å². The summed E-state index contributed by atoms with van der Waals surface area (Å²) < 4.78 is 0. The summed E-state index contributed by atoms with van der Waals surface area (Å²) in [6, 6.07) is 0. The minimum atomic E-state index is 0.349. The fraction of sp³-hybridized carbons (Fsp3) is 0.750. The molecule has 0 unspecified atom stereocenters. The number of aromatic amines is 1. The van der Waals surface area contributed by atoms with Crippen molar-refractivity contribution >= 4 is 0 Å². The largest absolute Gasteiger partial charge is 0.307 e. The monoisotopic (exact) mass is 207 g/mol. The number of aromatic nitrogens is 2. The van der Waals surface area contributed by atoms with E-state index in [1.807, 2.05) is 6.20 Å². The van der Waals surface area contributed by atoms with Gasteiger partial charge in [-0.1, -0.05) is 19.3 Å². The first-order valence-corrected chi connectivity index (χ1v) is 5.93.